The second-order valence-corrected chi connectivity index (χ2v) is 8.90. The molecule has 0 radical (unpaired) electrons. The first-order valence-electron chi connectivity index (χ1n) is 11.6. The van der Waals surface area contributed by atoms with Gasteiger partial charge in [-0.25, -0.2) is 4.79 Å². The van der Waals surface area contributed by atoms with E-state index in [-0.39, 0.29) is 30.1 Å². The van der Waals surface area contributed by atoms with Crippen LogP contribution in [0.25, 0.3) is 10.8 Å². The Labute approximate surface area is 194 Å². The van der Waals surface area contributed by atoms with Crippen molar-refractivity contribution in [3.63, 3.8) is 0 Å². The first-order valence-corrected chi connectivity index (χ1v) is 11.6. The Morgan fingerprint density at radius 3 is 2.48 bits per heavy atom. The van der Waals surface area contributed by atoms with Crippen molar-refractivity contribution in [1.29, 1.82) is 0 Å². The van der Waals surface area contributed by atoms with Crippen molar-refractivity contribution in [2.24, 2.45) is 0 Å². The van der Waals surface area contributed by atoms with E-state index >= 15 is 0 Å². The van der Waals surface area contributed by atoms with Crippen molar-refractivity contribution >= 4 is 28.4 Å². The summed E-state index contributed by atoms with van der Waals surface area (Å²) < 4.78 is 0. The topological polar surface area (TPSA) is 90.5 Å². The molecule has 3 amide bonds. The van der Waals surface area contributed by atoms with E-state index < -0.39 is 0 Å². The van der Waals surface area contributed by atoms with Gasteiger partial charge in [-0.1, -0.05) is 48.5 Å². The summed E-state index contributed by atoms with van der Waals surface area (Å²) in [5.41, 5.74) is 2.99. The van der Waals surface area contributed by atoms with Gasteiger partial charge in [0.25, 0.3) is 5.91 Å². The monoisotopic (exact) mass is 445 g/mol. The second-order valence-electron chi connectivity index (χ2n) is 8.90. The number of anilines is 1. The molecule has 1 saturated carbocycles. The number of urea groups is 1. The minimum absolute atomic E-state index is 0.0585. The summed E-state index contributed by atoms with van der Waals surface area (Å²) in [4.78, 5) is 25.5. The van der Waals surface area contributed by atoms with Gasteiger partial charge >= 0.3 is 6.03 Å². The van der Waals surface area contributed by atoms with Crippen LogP contribution in [-0.4, -0.2) is 29.2 Å². The molecule has 1 aliphatic carbocycles. The van der Waals surface area contributed by atoms with E-state index in [1.807, 2.05) is 44.2 Å². The van der Waals surface area contributed by atoms with Crippen molar-refractivity contribution < 1.29 is 14.7 Å². The highest BCUT2D eigenvalue weighted by Gasteiger charge is 2.21. The standard InChI is InChI=1S/C27H31N3O3/c1-17-10-11-21(30-27(33)29-20-12-14-22(31)15-13-20)16-25(17)26(32)28-18(2)23-9-5-7-19-6-3-4-8-24(19)23/h3-11,16,18,20,22,31H,12-15H2,1-2H3,(H,28,32)(H2,29,30,33)/t18-,20?,22?/m1/s1. The minimum Gasteiger partial charge on any atom is -0.393 e. The number of aliphatic hydroxyl groups excluding tert-OH is 1. The molecule has 1 aliphatic rings. The molecule has 0 heterocycles. The average molecular weight is 446 g/mol. The zero-order valence-electron chi connectivity index (χ0n) is 19.1. The fourth-order valence-electron chi connectivity index (χ4n) is 4.50. The first-order chi connectivity index (χ1) is 15.9. The predicted octanol–water partition coefficient (Wildman–Crippen LogP) is 5.06. The molecule has 0 aliphatic heterocycles. The molecule has 3 aromatic rings. The third-order valence-corrected chi connectivity index (χ3v) is 6.41. The highest BCUT2D eigenvalue weighted by atomic mass is 16.3. The van der Waals surface area contributed by atoms with Crippen molar-refractivity contribution in [3.05, 3.63) is 77.4 Å². The molecule has 0 aromatic heterocycles. The number of aryl methyl sites for hydroxylation is 1. The van der Waals surface area contributed by atoms with Gasteiger partial charge in [-0.2, -0.15) is 0 Å². The van der Waals surface area contributed by atoms with Gasteiger partial charge in [-0.3, -0.25) is 4.79 Å². The van der Waals surface area contributed by atoms with Crippen LogP contribution in [0.1, 0.15) is 60.1 Å². The fraction of sp³-hybridized carbons (Fsp3) is 0.333. The highest BCUT2D eigenvalue weighted by molar-refractivity contribution is 5.98. The van der Waals surface area contributed by atoms with Crippen LogP contribution in [0.4, 0.5) is 10.5 Å². The maximum Gasteiger partial charge on any atom is 0.319 e. The lowest BCUT2D eigenvalue weighted by Crippen LogP contribution is -2.40. The number of rotatable bonds is 5. The number of carbonyl (C=O) groups excluding carboxylic acids is 2. The number of fused-ring (bicyclic) bond motifs is 1. The van der Waals surface area contributed by atoms with Gasteiger partial charge in [0.15, 0.2) is 0 Å². The largest absolute Gasteiger partial charge is 0.393 e. The van der Waals surface area contributed by atoms with E-state index in [1.165, 1.54) is 0 Å². The van der Waals surface area contributed by atoms with Gasteiger partial charge in [-0.05, 0) is 73.6 Å². The zero-order valence-corrected chi connectivity index (χ0v) is 19.1. The van der Waals surface area contributed by atoms with Crippen LogP contribution in [0.5, 0.6) is 0 Å². The molecule has 6 heteroatoms. The van der Waals surface area contributed by atoms with Crippen molar-refractivity contribution in [2.75, 3.05) is 5.32 Å². The summed E-state index contributed by atoms with van der Waals surface area (Å²) >= 11 is 0. The minimum atomic E-state index is -0.296. The summed E-state index contributed by atoms with van der Waals surface area (Å²) in [5.74, 6) is -0.182. The third-order valence-electron chi connectivity index (χ3n) is 6.41. The Morgan fingerprint density at radius 2 is 1.70 bits per heavy atom. The molecule has 1 fully saturated rings. The van der Waals surface area contributed by atoms with Crippen LogP contribution in [0.3, 0.4) is 0 Å². The van der Waals surface area contributed by atoms with E-state index in [1.54, 1.807) is 12.1 Å². The highest BCUT2D eigenvalue weighted by Crippen LogP contribution is 2.25. The first kappa shape index (κ1) is 22.8. The number of nitrogens with one attached hydrogen (secondary N) is 3. The molecule has 0 bridgehead atoms. The maximum absolute atomic E-state index is 13.1. The van der Waals surface area contributed by atoms with Crippen molar-refractivity contribution in [3.8, 4) is 0 Å². The fourth-order valence-corrected chi connectivity index (χ4v) is 4.50. The quantitative estimate of drug-likeness (QED) is 0.442. The second kappa shape index (κ2) is 10.0. The SMILES string of the molecule is Cc1ccc(NC(=O)NC2CCC(O)CC2)cc1C(=O)N[C@H](C)c1cccc2ccccc12. The van der Waals surface area contributed by atoms with Gasteiger partial charge in [0.2, 0.25) is 0 Å². The van der Waals surface area contributed by atoms with Gasteiger partial charge in [0, 0.05) is 17.3 Å². The molecule has 0 saturated heterocycles. The molecular weight excluding hydrogens is 414 g/mol. The number of hydrogen-bond acceptors (Lipinski definition) is 3. The Hall–Kier alpha value is -3.38. The average Bonchev–Trinajstić information content (AvgIpc) is 2.81. The lowest BCUT2D eigenvalue weighted by molar-refractivity contribution is 0.0939. The molecule has 4 N–H and O–H groups in total. The number of amides is 3. The van der Waals surface area contributed by atoms with Crippen molar-refractivity contribution in [1.82, 2.24) is 10.6 Å². The number of benzene rings is 3. The summed E-state index contributed by atoms with van der Waals surface area (Å²) in [6.07, 6.45) is 2.67. The molecule has 0 unspecified atom stereocenters. The molecule has 172 valence electrons. The maximum atomic E-state index is 13.1. The predicted molar refractivity (Wildman–Crippen MR) is 131 cm³/mol. The van der Waals surface area contributed by atoms with E-state index in [0.29, 0.717) is 24.1 Å². The third kappa shape index (κ3) is 5.52. The van der Waals surface area contributed by atoms with Gasteiger partial charge in [0.05, 0.1) is 12.1 Å². The Morgan fingerprint density at radius 1 is 0.970 bits per heavy atom. The lowest BCUT2D eigenvalue weighted by atomic mass is 9.93. The summed E-state index contributed by atoms with van der Waals surface area (Å²) in [6, 6.07) is 19.2. The Kier molecular flexibility index (Phi) is 6.94. The zero-order chi connectivity index (χ0) is 23.4. The van der Waals surface area contributed by atoms with E-state index in [9.17, 15) is 14.7 Å². The normalized spacial score (nSPS) is 19.0. The lowest BCUT2D eigenvalue weighted by Gasteiger charge is -2.26. The smallest absolute Gasteiger partial charge is 0.319 e. The number of carbonyl (C=O) groups is 2. The summed E-state index contributed by atoms with van der Waals surface area (Å²) in [6.45, 7) is 3.86. The van der Waals surface area contributed by atoms with E-state index in [2.05, 4.69) is 34.1 Å². The van der Waals surface area contributed by atoms with Crippen molar-refractivity contribution in [2.45, 2.75) is 57.7 Å². The van der Waals surface area contributed by atoms with Crippen LogP contribution in [0.15, 0.2) is 60.7 Å². The van der Waals surface area contributed by atoms with E-state index in [4.69, 9.17) is 0 Å². The van der Waals surface area contributed by atoms with Crippen LogP contribution in [0.2, 0.25) is 0 Å². The molecule has 6 nitrogen and oxygen atoms in total. The number of aliphatic hydroxyl groups is 1. The molecular formula is C27H31N3O3. The van der Waals surface area contributed by atoms with Gasteiger partial charge in [0.1, 0.15) is 0 Å². The molecule has 1 atom stereocenters. The van der Waals surface area contributed by atoms with Crippen LogP contribution in [0, 0.1) is 6.92 Å². The van der Waals surface area contributed by atoms with E-state index in [0.717, 1.165) is 34.7 Å². The molecule has 0 spiro atoms. The summed E-state index contributed by atoms with van der Waals surface area (Å²) in [7, 11) is 0. The summed E-state index contributed by atoms with van der Waals surface area (Å²) in [5, 5.41) is 20.8. The Balaban J connectivity index is 1.43. The van der Waals surface area contributed by atoms with Crippen LogP contribution >= 0.6 is 0 Å². The molecule has 33 heavy (non-hydrogen) atoms. The van der Waals surface area contributed by atoms with Crippen LogP contribution < -0.4 is 16.0 Å². The molecule has 3 aromatic carbocycles. The molecule has 4 rings (SSSR count). The Bertz CT molecular complexity index is 1150. The van der Waals surface area contributed by atoms with Crippen LogP contribution in [-0.2, 0) is 0 Å². The number of hydrogen-bond donors (Lipinski definition) is 4. The van der Waals surface area contributed by atoms with Gasteiger partial charge < -0.3 is 21.1 Å². The van der Waals surface area contributed by atoms with Gasteiger partial charge in [-0.15, -0.1) is 0 Å².